The number of thiazole rings is 1. The van der Waals surface area contributed by atoms with E-state index < -0.39 is 5.97 Å². The number of aromatic nitrogens is 1. The van der Waals surface area contributed by atoms with Crippen LogP contribution in [0.4, 0.5) is 10.8 Å². The molecule has 17 heavy (non-hydrogen) atoms. The Morgan fingerprint density at radius 2 is 2.12 bits per heavy atom. The molecule has 1 heterocycles. The first-order chi connectivity index (χ1) is 7.99. The zero-order chi connectivity index (χ0) is 12.6. The summed E-state index contributed by atoms with van der Waals surface area (Å²) < 4.78 is 0. The van der Waals surface area contributed by atoms with Crippen LogP contribution in [0.1, 0.15) is 15.2 Å². The Labute approximate surface area is 102 Å². The molecule has 5 nitrogen and oxygen atoms in total. The molecule has 5 N–H and O–H groups in total. The molecule has 0 bridgehead atoms. The molecule has 0 saturated heterocycles. The summed E-state index contributed by atoms with van der Waals surface area (Å²) in [6.45, 7) is 1.88. The van der Waals surface area contributed by atoms with Crippen LogP contribution < -0.4 is 11.5 Å². The van der Waals surface area contributed by atoms with Gasteiger partial charge in [0.1, 0.15) is 4.88 Å². The number of nitrogens with two attached hydrogens (primary N) is 2. The van der Waals surface area contributed by atoms with Crippen LogP contribution in [0.2, 0.25) is 0 Å². The SMILES string of the molecule is Cc1ccc(-c2nc(N)sc2C(=O)O)cc1N. The largest absolute Gasteiger partial charge is 0.477 e. The van der Waals surface area contributed by atoms with E-state index >= 15 is 0 Å². The van der Waals surface area contributed by atoms with Crippen LogP contribution in [-0.2, 0) is 0 Å². The van der Waals surface area contributed by atoms with Crippen LogP contribution in [0, 0.1) is 6.92 Å². The predicted octanol–water partition coefficient (Wildman–Crippen LogP) is 1.98. The van der Waals surface area contributed by atoms with E-state index in [4.69, 9.17) is 16.6 Å². The van der Waals surface area contributed by atoms with Crippen LogP contribution in [-0.4, -0.2) is 16.1 Å². The summed E-state index contributed by atoms with van der Waals surface area (Å²) in [7, 11) is 0. The molecule has 2 rings (SSSR count). The molecule has 1 aromatic heterocycles. The number of anilines is 2. The van der Waals surface area contributed by atoms with Gasteiger partial charge in [-0.3, -0.25) is 0 Å². The number of hydrogen-bond acceptors (Lipinski definition) is 5. The van der Waals surface area contributed by atoms with Crippen LogP contribution in [0.3, 0.4) is 0 Å². The third-order valence-corrected chi connectivity index (χ3v) is 3.26. The lowest BCUT2D eigenvalue weighted by atomic mass is 10.1. The number of nitrogen functional groups attached to an aromatic ring is 2. The second-order valence-corrected chi connectivity index (χ2v) is 4.64. The summed E-state index contributed by atoms with van der Waals surface area (Å²) >= 11 is 0.954. The summed E-state index contributed by atoms with van der Waals surface area (Å²) in [6.07, 6.45) is 0. The van der Waals surface area contributed by atoms with Crippen LogP contribution in [0.5, 0.6) is 0 Å². The van der Waals surface area contributed by atoms with Gasteiger partial charge in [-0.25, -0.2) is 9.78 Å². The van der Waals surface area contributed by atoms with Crippen molar-refractivity contribution in [3.05, 3.63) is 28.6 Å². The average Bonchev–Trinajstić information content (AvgIpc) is 2.64. The summed E-state index contributed by atoms with van der Waals surface area (Å²) in [4.78, 5) is 15.2. The minimum atomic E-state index is -1.03. The molecule has 0 aliphatic carbocycles. The van der Waals surface area contributed by atoms with E-state index in [-0.39, 0.29) is 10.0 Å². The van der Waals surface area contributed by atoms with E-state index in [2.05, 4.69) is 4.98 Å². The lowest BCUT2D eigenvalue weighted by Gasteiger charge is -2.03. The van der Waals surface area contributed by atoms with Crippen molar-refractivity contribution >= 4 is 28.1 Å². The van der Waals surface area contributed by atoms with Crippen molar-refractivity contribution in [2.45, 2.75) is 6.92 Å². The summed E-state index contributed by atoms with van der Waals surface area (Å²) in [5.74, 6) is -1.03. The van der Waals surface area contributed by atoms with Crippen molar-refractivity contribution in [2.24, 2.45) is 0 Å². The Morgan fingerprint density at radius 3 is 2.71 bits per heavy atom. The molecule has 0 unspecified atom stereocenters. The fourth-order valence-electron chi connectivity index (χ4n) is 1.47. The lowest BCUT2D eigenvalue weighted by molar-refractivity contribution is 0.0702. The molecule has 0 aliphatic rings. The van der Waals surface area contributed by atoms with E-state index in [9.17, 15) is 4.79 Å². The molecule has 0 amide bonds. The molecule has 0 fully saturated rings. The number of carboxylic acids is 1. The van der Waals surface area contributed by atoms with Crippen molar-refractivity contribution in [3.8, 4) is 11.3 Å². The maximum atomic E-state index is 11.0. The first kappa shape index (κ1) is 11.4. The minimum absolute atomic E-state index is 0.130. The molecule has 0 spiro atoms. The molecule has 0 atom stereocenters. The van der Waals surface area contributed by atoms with Gasteiger partial charge in [0, 0.05) is 11.3 Å². The number of aromatic carboxylic acids is 1. The number of carbonyl (C=O) groups is 1. The Morgan fingerprint density at radius 1 is 1.41 bits per heavy atom. The number of carboxylic acid groups (broad SMARTS) is 1. The van der Waals surface area contributed by atoms with E-state index in [0.29, 0.717) is 16.9 Å². The van der Waals surface area contributed by atoms with Crippen LogP contribution in [0.25, 0.3) is 11.3 Å². The van der Waals surface area contributed by atoms with Crippen LogP contribution in [0.15, 0.2) is 18.2 Å². The van der Waals surface area contributed by atoms with Crippen molar-refractivity contribution in [2.75, 3.05) is 11.5 Å². The molecule has 0 aliphatic heterocycles. The fourth-order valence-corrected chi connectivity index (χ4v) is 2.16. The Bertz CT molecular complexity index is 592. The van der Waals surface area contributed by atoms with Gasteiger partial charge in [-0.05, 0) is 18.6 Å². The zero-order valence-electron chi connectivity index (χ0n) is 9.10. The molecule has 2 aromatic rings. The predicted molar refractivity (Wildman–Crippen MR) is 68.1 cm³/mol. The second-order valence-electron chi connectivity index (χ2n) is 3.61. The first-order valence-electron chi connectivity index (χ1n) is 4.85. The fraction of sp³-hybridized carbons (Fsp3) is 0.0909. The topological polar surface area (TPSA) is 102 Å². The van der Waals surface area contributed by atoms with Crippen molar-refractivity contribution in [1.29, 1.82) is 0 Å². The third kappa shape index (κ3) is 2.07. The molecule has 0 radical (unpaired) electrons. The molecule has 6 heteroatoms. The zero-order valence-corrected chi connectivity index (χ0v) is 9.91. The molecular formula is C11H11N3O2S. The van der Waals surface area contributed by atoms with Crippen molar-refractivity contribution < 1.29 is 9.90 Å². The summed E-state index contributed by atoms with van der Waals surface area (Å²) in [6, 6.07) is 5.31. The maximum absolute atomic E-state index is 11.0. The quantitative estimate of drug-likeness (QED) is 0.706. The van der Waals surface area contributed by atoms with Gasteiger partial charge < -0.3 is 16.6 Å². The minimum Gasteiger partial charge on any atom is -0.477 e. The van der Waals surface area contributed by atoms with E-state index in [1.807, 2.05) is 13.0 Å². The normalized spacial score (nSPS) is 10.4. The number of rotatable bonds is 2. The Kier molecular flexibility index (Phi) is 2.72. The highest BCUT2D eigenvalue weighted by atomic mass is 32.1. The van der Waals surface area contributed by atoms with E-state index in [0.717, 1.165) is 16.9 Å². The third-order valence-electron chi connectivity index (χ3n) is 2.39. The van der Waals surface area contributed by atoms with Gasteiger partial charge in [-0.1, -0.05) is 23.5 Å². The van der Waals surface area contributed by atoms with Gasteiger partial charge in [0.2, 0.25) is 0 Å². The molecule has 88 valence electrons. The number of aryl methyl sites for hydroxylation is 1. The van der Waals surface area contributed by atoms with Crippen LogP contribution >= 0.6 is 11.3 Å². The van der Waals surface area contributed by atoms with Gasteiger partial charge in [0.05, 0.1) is 5.69 Å². The molecule has 0 saturated carbocycles. The summed E-state index contributed by atoms with van der Waals surface area (Å²) in [5.41, 5.74) is 13.9. The van der Waals surface area contributed by atoms with E-state index in [1.165, 1.54) is 0 Å². The van der Waals surface area contributed by atoms with Crippen molar-refractivity contribution in [1.82, 2.24) is 4.98 Å². The monoisotopic (exact) mass is 249 g/mol. The first-order valence-corrected chi connectivity index (χ1v) is 5.67. The van der Waals surface area contributed by atoms with E-state index in [1.54, 1.807) is 12.1 Å². The van der Waals surface area contributed by atoms with Gasteiger partial charge in [0.25, 0.3) is 0 Å². The number of benzene rings is 1. The Hall–Kier alpha value is -2.08. The highest BCUT2D eigenvalue weighted by molar-refractivity contribution is 7.17. The second kappa shape index (κ2) is 4.06. The number of nitrogens with zero attached hydrogens (tertiary/aromatic N) is 1. The van der Waals surface area contributed by atoms with Gasteiger partial charge in [-0.2, -0.15) is 0 Å². The summed E-state index contributed by atoms with van der Waals surface area (Å²) in [5, 5.41) is 9.28. The standard InChI is InChI=1S/C11H11N3O2S/c1-5-2-3-6(4-7(5)12)8-9(10(15)16)17-11(13)14-8/h2-4H,12H2,1H3,(H2,13,14)(H,15,16). The number of hydrogen-bond donors (Lipinski definition) is 3. The highest BCUT2D eigenvalue weighted by Gasteiger charge is 2.17. The average molecular weight is 249 g/mol. The van der Waals surface area contributed by atoms with Gasteiger partial charge >= 0.3 is 5.97 Å². The molecule has 1 aromatic carbocycles. The highest BCUT2D eigenvalue weighted by Crippen LogP contribution is 2.31. The van der Waals surface area contributed by atoms with Gasteiger partial charge in [0.15, 0.2) is 5.13 Å². The van der Waals surface area contributed by atoms with Crippen molar-refractivity contribution in [3.63, 3.8) is 0 Å². The lowest BCUT2D eigenvalue weighted by Crippen LogP contribution is -1.96. The molecular weight excluding hydrogens is 238 g/mol. The Balaban J connectivity index is 2.59. The maximum Gasteiger partial charge on any atom is 0.348 e. The smallest absolute Gasteiger partial charge is 0.348 e. The van der Waals surface area contributed by atoms with Gasteiger partial charge in [-0.15, -0.1) is 0 Å².